The number of carbonyl (C=O) groups excluding carboxylic acids is 2. The maximum absolute atomic E-state index is 13.0. The van der Waals surface area contributed by atoms with E-state index in [1.54, 1.807) is 0 Å². The summed E-state index contributed by atoms with van der Waals surface area (Å²) in [6.45, 7) is 3.78. The number of aliphatic hydroxyl groups excluding tert-OH is 4. The van der Waals surface area contributed by atoms with Gasteiger partial charge in [0.15, 0.2) is 6.10 Å². The van der Waals surface area contributed by atoms with E-state index in [1.165, 1.54) is 64.2 Å². The van der Waals surface area contributed by atoms with Crippen LogP contribution in [0.4, 0.5) is 0 Å². The molecule has 0 aliphatic heterocycles. The zero-order valence-electron chi connectivity index (χ0n) is 29.7. The van der Waals surface area contributed by atoms with Crippen molar-refractivity contribution in [1.82, 2.24) is 5.32 Å². The number of phosphoric ester groups is 1. The minimum Gasteiger partial charge on any atom is -0.457 e. The second-order valence-electron chi connectivity index (χ2n) is 13.8. The van der Waals surface area contributed by atoms with E-state index in [1.807, 2.05) is 0 Å². The average Bonchev–Trinajstić information content (AvgIpc) is 3.01. The van der Waals surface area contributed by atoms with Crippen molar-refractivity contribution in [2.75, 3.05) is 6.61 Å². The Balaban J connectivity index is 2.70. The van der Waals surface area contributed by atoms with Gasteiger partial charge in [0.25, 0.3) is 0 Å². The van der Waals surface area contributed by atoms with E-state index in [0.717, 1.165) is 51.4 Å². The summed E-state index contributed by atoms with van der Waals surface area (Å²) in [7, 11) is -5.09. The molecule has 0 aromatic heterocycles. The molecule has 284 valence electrons. The van der Waals surface area contributed by atoms with Crippen molar-refractivity contribution in [3.8, 4) is 0 Å². The van der Waals surface area contributed by atoms with E-state index in [2.05, 4.69) is 19.2 Å². The molecular weight excluding hydrogens is 641 g/mol. The topological polar surface area (TPSA) is 203 Å². The maximum atomic E-state index is 13.0. The maximum Gasteiger partial charge on any atom is 0.469 e. The largest absolute Gasteiger partial charge is 0.469 e. The van der Waals surface area contributed by atoms with Crippen molar-refractivity contribution in [3.05, 3.63) is 0 Å². The molecule has 7 atom stereocenters. The van der Waals surface area contributed by atoms with Gasteiger partial charge in [-0.05, 0) is 19.3 Å². The van der Waals surface area contributed by atoms with Crippen LogP contribution >= 0.6 is 7.82 Å². The molecule has 7 N–H and O–H groups in total. The van der Waals surface area contributed by atoms with E-state index in [0.29, 0.717) is 12.8 Å². The lowest BCUT2D eigenvalue weighted by atomic mass is 9.79. The molecule has 0 aromatic carbocycles. The summed E-state index contributed by atoms with van der Waals surface area (Å²) in [5.41, 5.74) is 0. The Morgan fingerprint density at radius 3 is 1.62 bits per heavy atom. The highest BCUT2D eigenvalue weighted by atomic mass is 31.2. The Bertz CT molecular complexity index is 889. The van der Waals surface area contributed by atoms with Crippen LogP contribution in [0.2, 0.25) is 0 Å². The molecule has 0 bridgehead atoms. The van der Waals surface area contributed by atoms with Gasteiger partial charge in [0.1, 0.15) is 0 Å². The van der Waals surface area contributed by atoms with Crippen molar-refractivity contribution in [3.63, 3.8) is 0 Å². The molecule has 1 aliphatic rings. The quantitative estimate of drug-likeness (QED) is 0.0290. The summed E-state index contributed by atoms with van der Waals surface area (Å²) in [6, 6.07) is -1.37. The molecule has 1 saturated carbocycles. The number of ether oxygens (including phenoxy) is 1. The molecule has 12 nitrogen and oxygen atoms in total. The van der Waals surface area contributed by atoms with Gasteiger partial charge in [-0.25, -0.2) is 4.57 Å². The summed E-state index contributed by atoms with van der Waals surface area (Å²) in [5, 5.41) is 44.3. The van der Waals surface area contributed by atoms with Crippen LogP contribution in [-0.2, 0) is 23.4 Å². The Labute approximate surface area is 289 Å². The Morgan fingerprint density at radius 2 is 1.19 bits per heavy atom. The summed E-state index contributed by atoms with van der Waals surface area (Å²) < 4.78 is 22.3. The van der Waals surface area contributed by atoms with Crippen molar-refractivity contribution >= 4 is 19.7 Å². The number of phosphoric acid groups is 1. The fraction of sp³-hybridized carbons (Fsp3) is 0.943. The van der Waals surface area contributed by atoms with Crippen LogP contribution in [0.3, 0.4) is 0 Å². The van der Waals surface area contributed by atoms with E-state index >= 15 is 0 Å². The normalized spacial score (nSPS) is 22.7. The number of nitrogens with one attached hydrogen (secondary N) is 1. The van der Waals surface area contributed by atoms with E-state index in [-0.39, 0.29) is 19.3 Å². The van der Waals surface area contributed by atoms with E-state index < -0.39 is 68.8 Å². The highest BCUT2D eigenvalue weighted by Gasteiger charge is 2.49. The van der Waals surface area contributed by atoms with Crippen LogP contribution in [0.15, 0.2) is 0 Å². The third kappa shape index (κ3) is 21.2. The molecule has 1 rings (SSSR count). The molecule has 0 saturated heterocycles. The monoisotopic (exact) mass is 709 g/mol. The molecule has 0 unspecified atom stereocenters. The Morgan fingerprint density at radius 1 is 0.750 bits per heavy atom. The van der Waals surface area contributed by atoms with Crippen LogP contribution < -0.4 is 5.32 Å². The van der Waals surface area contributed by atoms with Gasteiger partial charge in [-0.1, -0.05) is 129 Å². The SMILES string of the molecule is CCCCCCCCCCC[C@@H](O)CC(=O)N[C@@H]1[C@@H](OC(=O)C[C@H](O)CCCCCCCCCCC)[C@H](O)[C@@H](CO)C[C@@H]1OP(=O)(O)O. The number of amides is 1. The van der Waals surface area contributed by atoms with Gasteiger partial charge >= 0.3 is 13.8 Å². The third-order valence-electron chi connectivity index (χ3n) is 9.32. The number of hydrogen-bond acceptors (Lipinski definition) is 9. The Hall–Kier alpha value is -1.11. The predicted molar refractivity (Wildman–Crippen MR) is 185 cm³/mol. The predicted octanol–water partition coefficient (Wildman–Crippen LogP) is 5.58. The number of aliphatic hydroxyl groups is 4. The standard InChI is InChI=1S/C35H68NO11P/c1-3-5-7-9-11-13-15-17-19-21-28(38)24-31(40)36-33-30(47-48(43,44)45)23-27(26-37)34(42)35(33)46-32(41)25-29(39)22-20-18-16-14-12-10-8-6-4-2/h27-30,33-35,37-39,42H,3-26H2,1-2H3,(H,36,40)(H2,43,44,45)/t27-,28-,29-,30+,33+,34-,35-/m1/s1. The highest BCUT2D eigenvalue weighted by Crippen LogP contribution is 2.42. The minimum atomic E-state index is -5.09. The lowest BCUT2D eigenvalue weighted by molar-refractivity contribution is -0.176. The van der Waals surface area contributed by atoms with Gasteiger partial charge in [-0.2, -0.15) is 0 Å². The van der Waals surface area contributed by atoms with E-state index in [4.69, 9.17) is 9.26 Å². The number of carbonyl (C=O) groups is 2. The summed E-state index contributed by atoms with van der Waals surface area (Å²) in [5.74, 6) is -2.49. The first-order valence-corrected chi connectivity index (χ1v) is 20.3. The Kier molecular flexibility index (Phi) is 24.9. The molecule has 1 aliphatic carbocycles. The fourth-order valence-corrected chi connectivity index (χ4v) is 7.07. The second-order valence-corrected chi connectivity index (χ2v) is 15.0. The second kappa shape index (κ2) is 26.7. The van der Waals surface area contributed by atoms with Gasteiger partial charge in [0.2, 0.25) is 5.91 Å². The number of esters is 1. The van der Waals surface area contributed by atoms with Crippen molar-refractivity contribution < 1.29 is 53.6 Å². The van der Waals surface area contributed by atoms with Crippen LogP contribution in [0.1, 0.15) is 162 Å². The van der Waals surface area contributed by atoms with Crippen LogP contribution in [-0.4, -0.2) is 85.3 Å². The van der Waals surface area contributed by atoms with Gasteiger partial charge < -0.3 is 40.3 Å². The molecule has 1 fully saturated rings. The van der Waals surface area contributed by atoms with Crippen LogP contribution in [0, 0.1) is 5.92 Å². The zero-order valence-corrected chi connectivity index (χ0v) is 30.6. The van der Waals surface area contributed by atoms with Crippen molar-refractivity contribution in [2.45, 2.75) is 198 Å². The lowest BCUT2D eigenvalue weighted by Gasteiger charge is -2.43. The molecule has 1 amide bonds. The zero-order chi connectivity index (χ0) is 35.8. The lowest BCUT2D eigenvalue weighted by Crippen LogP contribution is -2.63. The summed E-state index contributed by atoms with van der Waals surface area (Å²) >= 11 is 0. The van der Waals surface area contributed by atoms with Gasteiger partial charge in [-0.15, -0.1) is 0 Å². The number of hydrogen-bond donors (Lipinski definition) is 7. The molecule has 0 aromatic rings. The number of unbranched alkanes of at least 4 members (excludes halogenated alkanes) is 16. The first-order chi connectivity index (χ1) is 22.9. The first-order valence-electron chi connectivity index (χ1n) is 18.8. The fourth-order valence-electron chi connectivity index (χ4n) is 6.50. The van der Waals surface area contributed by atoms with Crippen LogP contribution in [0.5, 0.6) is 0 Å². The minimum absolute atomic E-state index is 0.232. The van der Waals surface area contributed by atoms with Crippen molar-refractivity contribution in [1.29, 1.82) is 0 Å². The third-order valence-corrected chi connectivity index (χ3v) is 9.86. The molecule has 0 radical (unpaired) electrons. The summed E-state index contributed by atoms with van der Waals surface area (Å²) in [4.78, 5) is 45.0. The summed E-state index contributed by atoms with van der Waals surface area (Å²) in [6.07, 6.45) is 13.6. The molecule has 0 spiro atoms. The highest BCUT2D eigenvalue weighted by molar-refractivity contribution is 7.46. The smallest absolute Gasteiger partial charge is 0.457 e. The molecular formula is C35H68NO11P. The van der Waals surface area contributed by atoms with Crippen LogP contribution in [0.25, 0.3) is 0 Å². The number of rotatable bonds is 29. The van der Waals surface area contributed by atoms with Gasteiger partial charge in [0, 0.05) is 12.5 Å². The van der Waals surface area contributed by atoms with Gasteiger partial charge in [0.05, 0.1) is 43.3 Å². The average molecular weight is 710 g/mol. The van der Waals surface area contributed by atoms with E-state index in [9.17, 15) is 44.4 Å². The van der Waals surface area contributed by atoms with Gasteiger partial charge in [-0.3, -0.25) is 14.1 Å². The molecule has 48 heavy (non-hydrogen) atoms. The van der Waals surface area contributed by atoms with Crippen molar-refractivity contribution in [2.24, 2.45) is 5.92 Å². The molecule has 13 heteroatoms. The molecule has 0 heterocycles. The first kappa shape index (κ1) is 44.9.